The number of methoxy groups -OCH3 is 1. The van der Waals surface area contributed by atoms with E-state index in [1.165, 1.54) is 0 Å². The van der Waals surface area contributed by atoms with Gasteiger partial charge in [-0.25, -0.2) is 0 Å². The van der Waals surface area contributed by atoms with Gasteiger partial charge >= 0.3 is 0 Å². The van der Waals surface area contributed by atoms with Crippen molar-refractivity contribution in [2.45, 2.75) is 6.10 Å². The number of hydrogen-bond acceptors (Lipinski definition) is 4. The van der Waals surface area contributed by atoms with Crippen molar-refractivity contribution >= 4 is 11.0 Å². The first-order valence-electron chi connectivity index (χ1n) is 10.7. The van der Waals surface area contributed by atoms with Crippen LogP contribution >= 0.6 is 0 Å². The lowest BCUT2D eigenvalue weighted by Gasteiger charge is -2.21. The fourth-order valence-corrected chi connectivity index (χ4v) is 3.87. The van der Waals surface area contributed by atoms with Crippen molar-refractivity contribution in [3.8, 4) is 22.8 Å². The Balaban J connectivity index is 1.71. The average Bonchev–Trinajstić information content (AvgIpc) is 2.89. The minimum Gasteiger partial charge on any atom is -0.497 e. The molecule has 0 saturated carbocycles. The molecule has 4 heteroatoms. The quantitative estimate of drug-likeness (QED) is 0.301. The third-order valence-corrected chi connectivity index (χ3v) is 5.55. The molecular formula is C29H22O4. The van der Waals surface area contributed by atoms with E-state index in [1.54, 1.807) is 19.2 Å². The van der Waals surface area contributed by atoms with Crippen LogP contribution < -0.4 is 14.9 Å². The van der Waals surface area contributed by atoms with E-state index >= 15 is 0 Å². The summed E-state index contributed by atoms with van der Waals surface area (Å²) in [5.74, 6) is 1.28. The van der Waals surface area contributed by atoms with Crippen LogP contribution in [0.5, 0.6) is 11.5 Å². The summed E-state index contributed by atoms with van der Waals surface area (Å²) in [5, 5.41) is 0.477. The summed E-state index contributed by atoms with van der Waals surface area (Å²) in [5.41, 5.74) is 2.92. The van der Waals surface area contributed by atoms with Gasteiger partial charge in [-0.05, 0) is 47.5 Å². The van der Waals surface area contributed by atoms with Gasteiger partial charge in [0.1, 0.15) is 17.4 Å². The summed E-state index contributed by atoms with van der Waals surface area (Å²) < 4.78 is 18.1. The van der Waals surface area contributed by atoms with Gasteiger partial charge in [0.15, 0.2) is 5.76 Å². The molecule has 162 valence electrons. The van der Waals surface area contributed by atoms with E-state index in [9.17, 15) is 4.79 Å². The van der Waals surface area contributed by atoms with Crippen molar-refractivity contribution in [2.75, 3.05) is 7.11 Å². The summed E-state index contributed by atoms with van der Waals surface area (Å²) in [7, 11) is 1.62. The van der Waals surface area contributed by atoms with Crippen LogP contribution in [0, 0.1) is 0 Å². The van der Waals surface area contributed by atoms with Crippen LogP contribution in [-0.2, 0) is 0 Å². The van der Waals surface area contributed by atoms with Gasteiger partial charge in [-0.2, -0.15) is 0 Å². The molecule has 5 rings (SSSR count). The predicted molar refractivity (Wildman–Crippen MR) is 130 cm³/mol. The second-order valence-corrected chi connectivity index (χ2v) is 7.63. The number of hydrogen-bond donors (Lipinski definition) is 0. The van der Waals surface area contributed by atoms with E-state index in [-0.39, 0.29) is 11.2 Å². The molecule has 33 heavy (non-hydrogen) atoms. The van der Waals surface area contributed by atoms with E-state index in [0.717, 1.165) is 22.4 Å². The van der Waals surface area contributed by atoms with Crippen LogP contribution in [0.25, 0.3) is 22.3 Å². The summed E-state index contributed by atoms with van der Waals surface area (Å²) in [6.45, 7) is 0. The van der Waals surface area contributed by atoms with E-state index in [4.69, 9.17) is 13.9 Å². The zero-order valence-electron chi connectivity index (χ0n) is 18.1. The fourth-order valence-electron chi connectivity index (χ4n) is 3.87. The molecule has 0 fully saturated rings. The zero-order valence-corrected chi connectivity index (χ0v) is 18.1. The zero-order chi connectivity index (χ0) is 22.6. The van der Waals surface area contributed by atoms with Crippen LogP contribution in [0.1, 0.15) is 17.2 Å². The largest absolute Gasteiger partial charge is 0.497 e. The summed E-state index contributed by atoms with van der Waals surface area (Å²) in [4.78, 5) is 13.6. The van der Waals surface area contributed by atoms with Crippen molar-refractivity contribution in [2.24, 2.45) is 0 Å². The van der Waals surface area contributed by atoms with Crippen LogP contribution in [-0.4, -0.2) is 7.11 Å². The molecule has 0 aliphatic heterocycles. The molecule has 4 aromatic carbocycles. The van der Waals surface area contributed by atoms with Gasteiger partial charge in [0.05, 0.1) is 12.5 Å². The highest BCUT2D eigenvalue weighted by atomic mass is 16.5. The predicted octanol–water partition coefficient (Wildman–Crippen LogP) is 6.64. The maximum atomic E-state index is 13.6. The van der Waals surface area contributed by atoms with Crippen LogP contribution in [0.2, 0.25) is 0 Å². The standard InChI is InChI=1S/C29H22O4/c1-31-23-18-16-22(17-19-23)28-29(26(30)24-14-8-9-15-25(24)32-28)33-27(20-10-4-2-5-11-20)21-12-6-3-7-13-21/h2-19,27H,1H3. The lowest BCUT2D eigenvalue weighted by molar-refractivity contribution is 0.241. The first-order valence-corrected chi connectivity index (χ1v) is 10.7. The molecule has 0 atom stereocenters. The number of fused-ring (bicyclic) bond motifs is 1. The molecule has 1 heterocycles. The van der Waals surface area contributed by atoms with Gasteiger partial charge in [-0.1, -0.05) is 72.8 Å². The highest BCUT2D eigenvalue weighted by Crippen LogP contribution is 2.36. The topological polar surface area (TPSA) is 48.7 Å². The number of benzene rings is 4. The first kappa shape index (κ1) is 20.6. The van der Waals surface area contributed by atoms with Crippen LogP contribution in [0.4, 0.5) is 0 Å². The molecule has 5 aromatic rings. The Morgan fingerprint density at radius 1 is 0.697 bits per heavy atom. The van der Waals surface area contributed by atoms with Crippen molar-refractivity contribution in [1.29, 1.82) is 0 Å². The van der Waals surface area contributed by atoms with Gasteiger partial charge in [0, 0.05) is 5.56 Å². The van der Waals surface area contributed by atoms with E-state index in [1.807, 2.05) is 97.1 Å². The van der Waals surface area contributed by atoms with Crippen molar-refractivity contribution in [1.82, 2.24) is 0 Å². The maximum Gasteiger partial charge on any atom is 0.235 e. The Kier molecular flexibility index (Phi) is 5.64. The van der Waals surface area contributed by atoms with Gasteiger partial charge in [-0.3, -0.25) is 4.79 Å². The minimum absolute atomic E-state index is 0.177. The molecule has 0 aliphatic rings. The third-order valence-electron chi connectivity index (χ3n) is 5.55. The molecule has 0 bridgehead atoms. The van der Waals surface area contributed by atoms with Gasteiger partial charge in [0.2, 0.25) is 11.2 Å². The normalized spacial score (nSPS) is 11.0. The fraction of sp³-hybridized carbons (Fsp3) is 0.0690. The first-order chi connectivity index (χ1) is 16.2. The minimum atomic E-state index is -0.478. The molecular weight excluding hydrogens is 412 g/mol. The summed E-state index contributed by atoms with van der Waals surface area (Å²) >= 11 is 0. The van der Waals surface area contributed by atoms with Crippen LogP contribution in [0.15, 0.2) is 118 Å². The lowest BCUT2D eigenvalue weighted by atomic mass is 10.0. The maximum absolute atomic E-state index is 13.6. The Morgan fingerprint density at radius 3 is 1.88 bits per heavy atom. The van der Waals surface area contributed by atoms with E-state index in [0.29, 0.717) is 16.7 Å². The van der Waals surface area contributed by atoms with Crippen molar-refractivity contribution < 1.29 is 13.9 Å². The van der Waals surface area contributed by atoms with Gasteiger partial charge in [-0.15, -0.1) is 0 Å². The Labute approximate surface area is 191 Å². The second-order valence-electron chi connectivity index (χ2n) is 7.63. The highest BCUT2D eigenvalue weighted by Gasteiger charge is 2.23. The molecule has 0 amide bonds. The van der Waals surface area contributed by atoms with E-state index < -0.39 is 6.10 Å². The number of ether oxygens (including phenoxy) is 2. The SMILES string of the molecule is COc1ccc(-c2oc3ccccc3c(=O)c2OC(c2ccccc2)c2ccccc2)cc1. The third kappa shape index (κ3) is 4.11. The number of para-hydroxylation sites is 1. The number of rotatable bonds is 6. The molecule has 0 unspecified atom stereocenters. The monoisotopic (exact) mass is 434 g/mol. The van der Waals surface area contributed by atoms with Crippen LogP contribution in [0.3, 0.4) is 0 Å². The molecule has 1 aromatic heterocycles. The average molecular weight is 434 g/mol. The summed E-state index contributed by atoms with van der Waals surface area (Å²) in [6.07, 6.45) is -0.478. The van der Waals surface area contributed by atoms with Crippen molar-refractivity contribution in [3.05, 3.63) is 131 Å². The van der Waals surface area contributed by atoms with Crippen molar-refractivity contribution in [3.63, 3.8) is 0 Å². The molecule has 0 saturated heterocycles. The Morgan fingerprint density at radius 2 is 1.27 bits per heavy atom. The molecule has 0 radical (unpaired) electrons. The highest BCUT2D eigenvalue weighted by molar-refractivity contribution is 5.82. The Hall–Kier alpha value is -4.31. The lowest BCUT2D eigenvalue weighted by Crippen LogP contribution is -2.16. The molecule has 0 spiro atoms. The smallest absolute Gasteiger partial charge is 0.235 e. The van der Waals surface area contributed by atoms with Gasteiger partial charge in [0.25, 0.3) is 0 Å². The summed E-state index contributed by atoms with van der Waals surface area (Å²) in [6, 6.07) is 34.3. The molecule has 0 N–H and O–H groups in total. The molecule has 4 nitrogen and oxygen atoms in total. The van der Waals surface area contributed by atoms with Gasteiger partial charge < -0.3 is 13.9 Å². The second kappa shape index (κ2) is 9.05. The van der Waals surface area contributed by atoms with E-state index in [2.05, 4.69) is 0 Å². The Bertz CT molecular complexity index is 1380. The molecule has 0 aliphatic carbocycles.